The zero-order valence-corrected chi connectivity index (χ0v) is 12.2. The van der Waals surface area contributed by atoms with Gasteiger partial charge in [0.25, 0.3) is 0 Å². The molecule has 0 aromatic rings. The average molecular weight is 249 g/mol. The summed E-state index contributed by atoms with van der Waals surface area (Å²) < 4.78 is 16.2. The van der Waals surface area contributed by atoms with Gasteiger partial charge in [0.05, 0.1) is 0 Å². The smallest absolute Gasteiger partial charge is 0.377 e. The van der Waals surface area contributed by atoms with Crippen LogP contribution in [0.2, 0.25) is 18.1 Å². The lowest BCUT2D eigenvalue weighted by atomic mass is 10.5. The van der Waals surface area contributed by atoms with Gasteiger partial charge in [-0.3, -0.25) is 0 Å². The summed E-state index contributed by atoms with van der Waals surface area (Å²) in [6.07, 6.45) is 2.55. The molecule has 0 spiro atoms. The van der Waals surface area contributed by atoms with Crippen LogP contribution in [0.1, 0.15) is 12.8 Å². The fourth-order valence-corrected chi connectivity index (χ4v) is 6.99. The minimum atomic E-state index is -2.29. The highest BCUT2D eigenvalue weighted by Crippen LogP contribution is 2.19. The molecule has 1 rings (SSSR count). The Balaban J connectivity index is 2.21. The Labute approximate surface area is 95.4 Å². The summed E-state index contributed by atoms with van der Waals surface area (Å²) in [5, 5.41) is 0. The SMILES string of the molecule is CO[Si](CCC[SiH]1CCCN1)(OC)OC. The predicted octanol–water partition coefficient (Wildman–Crippen LogP) is 0.972. The Morgan fingerprint density at radius 3 is 2.33 bits per heavy atom. The highest BCUT2D eigenvalue weighted by atomic mass is 28.4. The molecule has 0 saturated carbocycles. The van der Waals surface area contributed by atoms with Crippen molar-refractivity contribution in [1.82, 2.24) is 4.98 Å². The van der Waals surface area contributed by atoms with Crippen molar-refractivity contribution in [3.8, 4) is 0 Å². The van der Waals surface area contributed by atoms with Crippen LogP contribution in [-0.2, 0) is 13.3 Å². The summed E-state index contributed by atoms with van der Waals surface area (Å²) in [5.41, 5.74) is 0. The van der Waals surface area contributed by atoms with Crippen LogP contribution in [-0.4, -0.2) is 45.6 Å². The topological polar surface area (TPSA) is 39.7 Å². The van der Waals surface area contributed by atoms with Gasteiger partial charge in [-0.25, -0.2) is 0 Å². The third-order valence-corrected chi connectivity index (χ3v) is 9.04. The van der Waals surface area contributed by atoms with E-state index in [1.54, 1.807) is 21.3 Å². The normalized spacial score (nSPS) is 22.2. The average Bonchev–Trinajstić information content (AvgIpc) is 2.78. The highest BCUT2D eigenvalue weighted by Gasteiger charge is 2.37. The summed E-state index contributed by atoms with van der Waals surface area (Å²) in [5.74, 6) is 0. The lowest BCUT2D eigenvalue weighted by Crippen LogP contribution is -2.42. The van der Waals surface area contributed by atoms with Crippen LogP contribution in [0.25, 0.3) is 0 Å². The van der Waals surface area contributed by atoms with Crippen molar-refractivity contribution in [2.45, 2.75) is 31.0 Å². The molecule has 1 aliphatic rings. The molecule has 4 nitrogen and oxygen atoms in total. The monoisotopic (exact) mass is 249 g/mol. The first-order valence-electron chi connectivity index (χ1n) is 5.65. The van der Waals surface area contributed by atoms with E-state index in [1.807, 2.05) is 0 Å². The van der Waals surface area contributed by atoms with Gasteiger partial charge in [-0.1, -0.05) is 6.42 Å². The Kier molecular flexibility index (Phi) is 6.02. The molecular weight excluding hydrogens is 226 g/mol. The van der Waals surface area contributed by atoms with Crippen molar-refractivity contribution in [1.29, 1.82) is 0 Å². The number of rotatable bonds is 7. The van der Waals surface area contributed by atoms with Gasteiger partial charge in [0.15, 0.2) is 0 Å². The Morgan fingerprint density at radius 1 is 1.20 bits per heavy atom. The van der Waals surface area contributed by atoms with E-state index in [1.165, 1.54) is 31.5 Å². The first-order chi connectivity index (χ1) is 7.26. The van der Waals surface area contributed by atoms with Crippen molar-refractivity contribution >= 4 is 17.8 Å². The van der Waals surface area contributed by atoms with Crippen LogP contribution in [0, 0.1) is 0 Å². The van der Waals surface area contributed by atoms with Gasteiger partial charge in [0.2, 0.25) is 0 Å². The molecule has 0 amide bonds. The van der Waals surface area contributed by atoms with Gasteiger partial charge < -0.3 is 18.3 Å². The summed E-state index contributed by atoms with van der Waals surface area (Å²) in [6.45, 7) is 1.23. The molecule has 0 aromatic heterocycles. The third kappa shape index (κ3) is 3.97. The molecule has 1 atom stereocenters. The molecule has 90 valence electrons. The molecule has 0 radical (unpaired) electrons. The summed E-state index contributed by atoms with van der Waals surface area (Å²) in [7, 11) is 2.16. The minimum Gasteiger partial charge on any atom is -0.377 e. The molecule has 1 heterocycles. The van der Waals surface area contributed by atoms with Crippen LogP contribution in [0.4, 0.5) is 0 Å². The first kappa shape index (κ1) is 13.3. The van der Waals surface area contributed by atoms with Crippen molar-refractivity contribution < 1.29 is 13.3 Å². The van der Waals surface area contributed by atoms with E-state index in [9.17, 15) is 0 Å². The Morgan fingerprint density at radius 2 is 1.87 bits per heavy atom. The fourth-order valence-electron chi connectivity index (χ4n) is 2.12. The van der Waals surface area contributed by atoms with E-state index >= 15 is 0 Å². The number of hydrogen-bond donors (Lipinski definition) is 1. The molecule has 1 aliphatic heterocycles. The van der Waals surface area contributed by atoms with Crippen molar-refractivity contribution in [3.63, 3.8) is 0 Å². The maximum absolute atomic E-state index is 5.39. The van der Waals surface area contributed by atoms with E-state index < -0.39 is 17.8 Å². The quantitative estimate of drug-likeness (QED) is 0.683. The Hall–Kier alpha value is 0.274. The first-order valence-corrected chi connectivity index (χ1v) is 9.79. The van der Waals surface area contributed by atoms with Gasteiger partial charge in [-0.05, 0) is 25.1 Å². The number of nitrogens with one attached hydrogen (secondary N) is 1. The van der Waals surface area contributed by atoms with E-state index in [2.05, 4.69) is 4.98 Å². The maximum Gasteiger partial charge on any atom is 0.500 e. The van der Waals surface area contributed by atoms with E-state index in [4.69, 9.17) is 13.3 Å². The van der Waals surface area contributed by atoms with Gasteiger partial charge in [-0.2, -0.15) is 0 Å². The van der Waals surface area contributed by atoms with Crippen molar-refractivity contribution in [2.75, 3.05) is 27.9 Å². The summed E-state index contributed by atoms with van der Waals surface area (Å²) >= 11 is 0. The Bertz CT molecular complexity index is 164. The van der Waals surface area contributed by atoms with Crippen molar-refractivity contribution in [3.05, 3.63) is 0 Å². The van der Waals surface area contributed by atoms with Crippen LogP contribution >= 0.6 is 0 Å². The maximum atomic E-state index is 5.39. The predicted molar refractivity (Wildman–Crippen MR) is 65.6 cm³/mol. The molecule has 1 unspecified atom stereocenters. The van der Waals surface area contributed by atoms with Crippen LogP contribution < -0.4 is 4.98 Å². The lowest BCUT2D eigenvalue weighted by Gasteiger charge is -2.24. The molecule has 1 N–H and O–H groups in total. The molecule has 1 fully saturated rings. The largest absolute Gasteiger partial charge is 0.500 e. The zero-order chi connectivity index (χ0) is 11.1. The molecule has 1 saturated heterocycles. The fraction of sp³-hybridized carbons (Fsp3) is 1.00. The van der Waals surface area contributed by atoms with Gasteiger partial charge in [0, 0.05) is 27.4 Å². The van der Waals surface area contributed by atoms with E-state index in [0.29, 0.717) is 0 Å². The lowest BCUT2D eigenvalue weighted by molar-refractivity contribution is 0.123. The van der Waals surface area contributed by atoms with Crippen molar-refractivity contribution in [2.24, 2.45) is 0 Å². The summed E-state index contributed by atoms with van der Waals surface area (Å²) in [4.78, 5) is 3.63. The summed E-state index contributed by atoms with van der Waals surface area (Å²) in [6, 6.07) is 3.73. The van der Waals surface area contributed by atoms with E-state index in [0.717, 1.165) is 6.04 Å². The molecule has 0 aliphatic carbocycles. The zero-order valence-electron chi connectivity index (χ0n) is 10.0. The van der Waals surface area contributed by atoms with Gasteiger partial charge in [-0.15, -0.1) is 0 Å². The molecule has 0 aromatic carbocycles. The standard InChI is InChI=1S/C9H23NO3Si2/c1-11-15(12-2,13-3)9-5-8-14-7-4-6-10-14/h10,14H,4-9H2,1-3H3. The molecular formula is C9H23NO3Si2. The number of hydrogen-bond acceptors (Lipinski definition) is 4. The van der Waals surface area contributed by atoms with Gasteiger partial charge >= 0.3 is 8.80 Å². The van der Waals surface area contributed by atoms with Crippen LogP contribution in [0.5, 0.6) is 0 Å². The highest BCUT2D eigenvalue weighted by molar-refractivity contribution is 6.61. The van der Waals surface area contributed by atoms with Crippen LogP contribution in [0.15, 0.2) is 0 Å². The second-order valence-corrected chi connectivity index (χ2v) is 10.0. The van der Waals surface area contributed by atoms with Crippen LogP contribution in [0.3, 0.4) is 0 Å². The molecule has 15 heavy (non-hydrogen) atoms. The molecule has 6 heteroatoms. The second kappa shape index (κ2) is 6.77. The minimum absolute atomic E-state index is 0.598. The van der Waals surface area contributed by atoms with E-state index in [-0.39, 0.29) is 0 Å². The second-order valence-electron chi connectivity index (χ2n) is 3.98. The van der Waals surface area contributed by atoms with Gasteiger partial charge in [0.1, 0.15) is 8.96 Å². The molecule has 0 bridgehead atoms. The third-order valence-electron chi connectivity index (χ3n) is 3.13.